The fraction of sp³-hybridized carbons (Fsp3) is 0.776. The van der Waals surface area contributed by atoms with E-state index in [-0.39, 0.29) is 31.1 Å². The predicted octanol–water partition coefficient (Wildman–Crippen LogP) is 21.3. The molecule has 0 heterocycles. The van der Waals surface area contributed by atoms with E-state index in [0.717, 1.165) is 83.5 Å². The molecule has 0 radical (unpaired) electrons. The van der Waals surface area contributed by atoms with E-state index in [2.05, 4.69) is 93.7 Å². The third-order valence-electron chi connectivity index (χ3n) is 13.7. The lowest BCUT2D eigenvalue weighted by atomic mass is 10.1. The third kappa shape index (κ3) is 59.6. The summed E-state index contributed by atoms with van der Waals surface area (Å²) in [6.07, 6.45) is 78.9. The SMILES string of the molecule is CCCCC/C=C\C/C=C\C/C=C\CCCCCCCCC(=O)OC[C@@H](COC(=O)CCCCCCCCC/C=C\CCCCCCCC)OC(=O)CCCCCCCCCCC/C=C\C/C=C\CCCCC. The van der Waals surface area contributed by atoms with E-state index in [4.69, 9.17) is 14.2 Å². The first-order valence-corrected chi connectivity index (χ1v) is 31.4. The first kappa shape index (κ1) is 69.8. The molecule has 0 aliphatic rings. The fourth-order valence-corrected chi connectivity index (χ4v) is 8.89. The summed E-state index contributed by atoms with van der Waals surface area (Å²) in [4.78, 5) is 38.3. The van der Waals surface area contributed by atoms with Gasteiger partial charge in [-0.2, -0.15) is 0 Å². The lowest BCUT2D eigenvalue weighted by Crippen LogP contribution is -2.30. The van der Waals surface area contributed by atoms with E-state index in [1.165, 1.54) is 193 Å². The van der Waals surface area contributed by atoms with Crippen molar-refractivity contribution in [2.24, 2.45) is 0 Å². The molecule has 422 valence electrons. The van der Waals surface area contributed by atoms with Crippen LogP contribution in [-0.2, 0) is 28.6 Å². The van der Waals surface area contributed by atoms with Crippen molar-refractivity contribution in [3.63, 3.8) is 0 Å². The highest BCUT2D eigenvalue weighted by Gasteiger charge is 2.19. The van der Waals surface area contributed by atoms with Gasteiger partial charge in [-0.1, -0.05) is 254 Å². The van der Waals surface area contributed by atoms with Crippen LogP contribution in [0.2, 0.25) is 0 Å². The molecule has 0 saturated heterocycles. The van der Waals surface area contributed by atoms with Crippen molar-refractivity contribution < 1.29 is 28.6 Å². The lowest BCUT2D eigenvalue weighted by Gasteiger charge is -2.18. The summed E-state index contributed by atoms with van der Waals surface area (Å²) in [6, 6.07) is 0. The molecule has 0 rings (SSSR count). The Morgan fingerprint density at radius 2 is 0.493 bits per heavy atom. The Labute approximate surface area is 453 Å². The maximum Gasteiger partial charge on any atom is 0.306 e. The second-order valence-corrected chi connectivity index (χ2v) is 21.0. The maximum atomic E-state index is 12.9. The second-order valence-electron chi connectivity index (χ2n) is 21.0. The zero-order chi connectivity index (χ0) is 52.9. The molecule has 0 spiro atoms. The Balaban J connectivity index is 4.41. The van der Waals surface area contributed by atoms with Gasteiger partial charge in [0.25, 0.3) is 0 Å². The Morgan fingerprint density at radius 3 is 0.808 bits per heavy atom. The van der Waals surface area contributed by atoms with Crippen LogP contribution in [0.25, 0.3) is 0 Å². The molecule has 6 nitrogen and oxygen atoms in total. The number of carbonyl (C=O) groups is 3. The minimum Gasteiger partial charge on any atom is -0.462 e. The summed E-state index contributed by atoms with van der Waals surface area (Å²) < 4.78 is 16.9. The minimum absolute atomic E-state index is 0.0825. The Hall–Kier alpha value is -3.15. The standard InChI is InChI=1S/C67H118O6/c1-4-7-10-13-16-19-22-25-28-31-33-36-39-42-45-48-51-54-57-60-66(69)72-63-64(62-71-65(68)59-56-53-50-47-44-41-38-35-30-27-24-21-18-15-12-9-6-3)73-67(70)61-58-55-52-49-46-43-40-37-34-32-29-26-23-20-17-14-11-8-5-2/h16-17,19-20,25-30,33,36,64H,4-15,18,21-24,31-32,34-35,37-63H2,1-3H3/b19-16-,20-17-,28-25-,29-26-,30-27-,36-33-/t64-/m1/s1. The summed E-state index contributed by atoms with van der Waals surface area (Å²) in [5.74, 6) is -0.890. The Kier molecular flexibility index (Phi) is 58.7. The number of hydrogen-bond acceptors (Lipinski definition) is 6. The molecule has 0 fully saturated rings. The average Bonchev–Trinajstić information content (AvgIpc) is 3.39. The molecule has 73 heavy (non-hydrogen) atoms. The molecule has 0 aromatic heterocycles. The maximum absolute atomic E-state index is 12.9. The van der Waals surface area contributed by atoms with Crippen molar-refractivity contribution in [2.45, 2.75) is 322 Å². The number of rotatable bonds is 57. The topological polar surface area (TPSA) is 78.9 Å². The van der Waals surface area contributed by atoms with Crippen molar-refractivity contribution in [2.75, 3.05) is 13.2 Å². The third-order valence-corrected chi connectivity index (χ3v) is 13.7. The molecule has 0 N–H and O–H groups in total. The molecule has 0 saturated carbocycles. The normalized spacial score (nSPS) is 12.5. The van der Waals surface area contributed by atoms with Crippen molar-refractivity contribution in [3.8, 4) is 0 Å². The first-order chi connectivity index (χ1) is 36.0. The van der Waals surface area contributed by atoms with Crippen LogP contribution in [0.5, 0.6) is 0 Å². The van der Waals surface area contributed by atoms with E-state index in [0.29, 0.717) is 19.3 Å². The van der Waals surface area contributed by atoms with Crippen molar-refractivity contribution >= 4 is 17.9 Å². The summed E-state index contributed by atoms with van der Waals surface area (Å²) in [5, 5.41) is 0. The highest BCUT2D eigenvalue weighted by molar-refractivity contribution is 5.71. The van der Waals surface area contributed by atoms with Gasteiger partial charge in [0.15, 0.2) is 6.10 Å². The van der Waals surface area contributed by atoms with E-state index in [1.807, 2.05) is 0 Å². The molecule has 0 aromatic rings. The van der Waals surface area contributed by atoms with Gasteiger partial charge in [-0.05, 0) is 116 Å². The van der Waals surface area contributed by atoms with Gasteiger partial charge in [0, 0.05) is 19.3 Å². The number of unbranched alkanes of at least 4 members (excludes halogenated alkanes) is 34. The Bertz CT molecular complexity index is 1360. The summed E-state index contributed by atoms with van der Waals surface area (Å²) in [5.41, 5.74) is 0. The number of ether oxygens (including phenoxy) is 3. The zero-order valence-corrected chi connectivity index (χ0v) is 48.4. The monoisotopic (exact) mass is 1020 g/mol. The average molecular weight is 1020 g/mol. The van der Waals surface area contributed by atoms with Gasteiger partial charge in [0.2, 0.25) is 0 Å². The summed E-state index contributed by atoms with van der Waals surface area (Å²) in [7, 11) is 0. The highest BCUT2D eigenvalue weighted by Crippen LogP contribution is 2.16. The van der Waals surface area contributed by atoms with Crippen LogP contribution in [0.15, 0.2) is 72.9 Å². The fourth-order valence-electron chi connectivity index (χ4n) is 8.89. The van der Waals surface area contributed by atoms with Crippen molar-refractivity contribution in [3.05, 3.63) is 72.9 Å². The molecule has 0 amide bonds. The van der Waals surface area contributed by atoms with E-state index >= 15 is 0 Å². The molecular weight excluding hydrogens is 901 g/mol. The summed E-state index contributed by atoms with van der Waals surface area (Å²) >= 11 is 0. The second kappa shape index (κ2) is 61.4. The molecule has 6 heteroatoms. The smallest absolute Gasteiger partial charge is 0.306 e. The number of carbonyl (C=O) groups excluding carboxylic acids is 3. The van der Waals surface area contributed by atoms with Crippen LogP contribution in [0.1, 0.15) is 316 Å². The molecule has 0 aliphatic heterocycles. The van der Waals surface area contributed by atoms with E-state index in [9.17, 15) is 14.4 Å². The van der Waals surface area contributed by atoms with Gasteiger partial charge in [0.1, 0.15) is 13.2 Å². The van der Waals surface area contributed by atoms with Gasteiger partial charge in [0.05, 0.1) is 0 Å². The summed E-state index contributed by atoms with van der Waals surface area (Å²) in [6.45, 7) is 6.60. The van der Waals surface area contributed by atoms with Crippen molar-refractivity contribution in [1.82, 2.24) is 0 Å². The molecular formula is C67H118O6. The minimum atomic E-state index is -0.786. The lowest BCUT2D eigenvalue weighted by molar-refractivity contribution is -0.167. The first-order valence-electron chi connectivity index (χ1n) is 31.4. The molecule has 0 unspecified atom stereocenters. The predicted molar refractivity (Wildman–Crippen MR) is 316 cm³/mol. The van der Waals surface area contributed by atoms with Crippen LogP contribution in [0.4, 0.5) is 0 Å². The van der Waals surface area contributed by atoms with Crippen LogP contribution >= 0.6 is 0 Å². The van der Waals surface area contributed by atoms with Gasteiger partial charge in [-0.15, -0.1) is 0 Å². The van der Waals surface area contributed by atoms with Crippen molar-refractivity contribution in [1.29, 1.82) is 0 Å². The Morgan fingerprint density at radius 1 is 0.274 bits per heavy atom. The quantitative estimate of drug-likeness (QED) is 0.0261. The zero-order valence-electron chi connectivity index (χ0n) is 48.4. The van der Waals surface area contributed by atoms with Crippen LogP contribution in [0, 0.1) is 0 Å². The molecule has 0 bridgehead atoms. The number of allylic oxidation sites excluding steroid dienone is 12. The van der Waals surface area contributed by atoms with Gasteiger partial charge in [-0.3, -0.25) is 14.4 Å². The van der Waals surface area contributed by atoms with E-state index < -0.39 is 6.10 Å². The van der Waals surface area contributed by atoms with Gasteiger partial charge >= 0.3 is 17.9 Å². The van der Waals surface area contributed by atoms with Crippen LogP contribution in [0.3, 0.4) is 0 Å². The van der Waals surface area contributed by atoms with Gasteiger partial charge in [-0.25, -0.2) is 0 Å². The number of hydrogen-bond donors (Lipinski definition) is 0. The highest BCUT2D eigenvalue weighted by atomic mass is 16.6. The van der Waals surface area contributed by atoms with Gasteiger partial charge < -0.3 is 14.2 Å². The number of esters is 3. The molecule has 0 aromatic carbocycles. The van der Waals surface area contributed by atoms with Crippen LogP contribution in [-0.4, -0.2) is 37.2 Å². The van der Waals surface area contributed by atoms with E-state index in [1.54, 1.807) is 0 Å². The van der Waals surface area contributed by atoms with Crippen LogP contribution < -0.4 is 0 Å². The molecule has 0 aliphatic carbocycles. The molecule has 1 atom stereocenters. The largest absolute Gasteiger partial charge is 0.462 e.